The number of rotatable bonds is 7. The molecule has 1 aromatic rings. The van der Waals surface area contributed by atoms with Crippen molar-refractivity contribution in [1.29, 1.82) is 0 Å². The lowest BCUT2D eigenvalue weighted by Crippen LogP contribution is -2.09. The van der Waals surface area contributed by atoms with Crippen molar-refractivity contribution in [1.82, 2.24) is 0 Å². The van der Waals surface area contributed by atoms with Crippen LogP contribution in [0.1, 0.15) is 0 Å². The van der Waals surface area contributed by atoms with Crippen molar-refractivity contribution in [2.24, 2.45) is 0 Å². The zero-order chi connectivity index (χ0) is 12.7. The van der Waals surface area contributed by atoms with Gasteiger partial charge in [-0.05, 0) is 12.1 Å². The molecule has 7 heteroatoms. The van der Waals surface area contributed by atoms with E-state index < -0.39 is 4.92 Å². The predicted octanol–water partition coefficient (Wildman–Crippen LogP) is 2.68. The number of thiol groups is 1. The summed E-state index contributed by atoms with van der Waals surface area (Å²) in [5, 5.41) is 10.8. The van der Waals surface area contributed by atoms with Crippen molar-refractivity contribution >= 4 is 34.2 Å². The van der Waals surface area contributed by atoms with Crippen LogP contribution in [0.2, 0.25) is 0 Å². The molecule has 0 aromatic heterocycles. The molecule has 0 fully saturated rings. The molecule has 1 aromatic carbocycles. The van der Waals surface area contributed by atoms with Crippen molar-refractivity contribution in [3.8, 4) is 5.75 Å². The van der Waals surface area contributed by atoms with Gasteiger partial charge in [0.2, 0.25) is 0 Å². The largest absolute Gasteiger partial charge is 0.484 e. The number of halogens is 1. The molecular weight excluding hydrogens is 310 g/mol. The molecule has 0 unspecified atom stereocenters. The Morgan fingerprint density at radius 1 is 1.35 bits per heavy atom. The molecule has 1 rings (SSSR count). The maximum atomic E-state index is 10.8. The molecule has 94 valence electrons. The number of benzene rings is 1. The van der Waals surface area contributed by atoms with Crippen molar-refractivity contribution in [3.05, 3.63) is 32.8 Å². The first kappa shape index (κ1) is 14.3. The second-order valence-electron chi connectivity index (χ2n) is 3.05. The zero-order valence-corrected chi connectivity index (χ0v) is 11.4. The average Bonchev–Trinajstić information content (AvgIpc) is 2.30. The highest BCUT2D eigenvalue weighted by Crippen LogP contribution is 2.29. The number of hydrogen-bond donors (Lipinski definition) is 1. The van der Waals surface area contributed by atoms with Gasteiger partial charge in [0.25, 0.3) is 0 Å². The summed E-state index contributed by atoms with van der Waals surface area (Å²) in [6.45, 7) is 1.19. The SMILES string of the molecule is O=[N+]([O-])c1cc(Br)ccc1OCCOCCS. The molecule has 0 aliphatic carbocycles. The maximum Gasteiger partial charge on any atom is 0.312 e. The Kier molecular flexibility index (Phi) is 6.31. The molecule has 0 heterocycles. The van der Waals surface area contributed by atoms with Crippen LogP contribution in [0.4, 0.5) is 5.69 Å². The normalized spacial score (nSPS) is 10.2. The van der Waals surface area contributed by atoms with Gasteiger partial charge in [-0.25, -0.2) is 0 Å². The van der Waals surface area contributed by atoms with Crippen LogP contribution in [0, 0.1) is 10.1 Å². The third-order valence-corrected chi connectivity index (χ3v) is 2.51. The third-order valence-electron chi connectivity index (χ3n) is 1.84. The molecule has 0 aliphatic heterocycles. The van der Waals surface area contributed by atoms with E-state index in [0.29, 0.717) is 23.4 Å². The molecule has 5 nitrogen and oxygen atoms in total. The van der Waals surface area contributed by atoms with E-state index in [0.717, 1.165) is 0 Å². The van der Waals surface area contributed by atoms with Crippen molar-refractivity contribution in [2.75, 3.05) is 25.6 Å². The quantitative estimate of drug-likeness (QED) is 0.363. The molecule has 0 radical (unpaired) electrons. The summed E-state index contributed by atoms with van der Waals surface area (Å²) in [5.74, 6) is 0.881. The standard InChI is InChI=1S/C10H12BrNO4S/c11-8-1-2-10(9(7-8)12(13)14)16-4-3-15-5-6-17/h1-2,7,17H,3-6H2. The monoisotopic (exact) mass is 321 g/mol. The van der Waals surface area contributed by atoms with Crippen LogP contribution < -0.4 is 4.74 Å². The molecule has 0 saturated heterocycles. The summed E-state index contributed by atoms with van der Waals surface area (Å²) >= 11 is 7.16. The Bertz CT molecular complexity index is 389. The van der Waals surface area contributed by atoms with E-state index in [2.05, 4.69) is 28.6 Å². The number of ether oxygens (including phenoxy) is 2. The molecule has 0 bridgehead atoms. The van der Waals surface area contributed by atoms with Crippen LogP contribution in [-0.4, -0.2) is 30.5 Å². The van der Waals surface area contributed by atoms with E-state index in [-0.39, 0.29) is 18.0 Å². The van der Waals surface area contributed by atoms with Crippen LogP contribution in [-0.2, 0) is 4.74 Å². The van der Waals surface area contributed by atoms with E-state index >= 15 is 0 Å². The Morgan fingerprint density at radius 2 is 2.12 bits per heavy atom. The Morgan fingerprint density at radius 3 is 2.76 bits per heavy atom. The van der Waals surface area contributed by atoms with Crippen molar-refractivity contribution in [3.63, 3.8) is 0 Å². The van der Waals surface area contributed by atoms with Gasteiger partial charge in [0.15, 0.2) is 5.75 Å². The Labute approximate surface area is 113 Å². The van der Waals surface area contributed by atoms with E-state index in [1.165, 1.54) is 6.07 Å². The van der Waals surface area contributed by atoms with Gasteiger partial charge in [0.1, 0.15) is 6.61 Å². The highest BCUT2D eigenvalue weighted by molar-refractivity contribution is 9.10. The van der Waals surface area contributed by atoms with Crippen molar-refractivity contribution < 1.29 is 14.4 Å². The minimum absolute atomic E-state index is 0.0615. The molecular formula is C10H12BrNO4S. The summed E-state index contributed by atoms with van der Waals surface area (Å²) in [7, 11) is 0. The van der Waals surface area contributed by atoms with Gasteiger partial charge in [-0.15, -0.1) is 0 Å². The van der Waals surface area contributed by atoms with Gasteiger partial charge in [-0.3, -0.25) is 10.1 Å². The first-order valence-electron chi connectivity index (χ1n) is 4.90. The summed E-state index contributed by atoms with van der Waals surface area (Å²) < 4.78 is 11.1. The van der Waals surface area contributed by atoms with Crippen molar-refractivity contribution in [2.45, 2.75) is 0 Å². The highest BCUT2D eigenvalue weighted by atomic mass is 79.9. The summed E-state index contributed by atoms with van der Waals surface area (Å²) in [6.07, 6.45) is 0. The minimum atomic E-state index is -0.478. The first-order valence-corrected chi connectivity index (χ1v) is 6.33. The number of hydrogen-bond acceptors (Lipinski definition) is 5. The van der Waals surface area contributed by atoms with Gasteiger partial charge in [0, 0.05) is 16.3 Å². The van der Waals surface area contributed by atoms with E-state index in [4.69, 9.17) is 9.47 Å². The second-order valence-corrected chi connectivity index (χ2v) is 4.42. The summed E-state index contributed by atoms with van der Waals surface area (Å²) in [4.78, 5) is 10.3. The number of nitro groups is 1. The average molecular weight is 322 g/mol. The van der Waals surface area contributed by atoms with Gasteiger partial charge in [-0.1, -0.05) is 15.9 Å². The summed E-state index contributed by atoms with van der Waals surface area (Å²) in [6, 6.07) is 4.65. The van der Waals surface area contributed by atoms with Crippen LogP contribution >= 0.6 is 28.6 Å². The van der Waals surface area contributed by atoms with Crippen LogP contribution in [0.5, 0.6) is 5.75 Å². The fraction of sp³-hybridized carbons (Fsp3) is 0.400. The van der Waals surface area contributed by atoms with Gasteiger partial charge < -0.3 is 9.47 Å². The topological polar surface area (TPSA) is 61.6 Å². The highest BCUT2D eigenvalue weighted by Gasteiger charge is 2.15. The zero-order valence-electron chi connectivity index (χ0n) is 8.97. The van der Waals surface area contributed by atoms with Crippen LogP contribution in [0.15, 0.2) is 22.7 Å². The molecule has 0 amide bonds. The fourth-order valence-corrected chi connectivity index (χ4v) is 1.61. The Hall–Kier alpha value is -0.790. The third kappa shape index (κ3) is 4.93. The lowest BCUT2D eigenvalue weighted by molar-refractivity contribution is -0.386. The van der Waals surface area contributed by atoms with Crippen LogP contribution in [0.3, 0.4) is 0 Å². The van der Waals surface area contributed by atoms with Gasteiger partial charge in [0.05, 0.1) is 18.1 Å². The molecule has 0 saturated carbocycles. The fourth-order valence-electron chi connectivity index (χ4n) is 1.13. The maximum absolute atomic E-state index is 10.8. The van der Waals surface area contributed by atoms with E-state index in [1.54, 1.807) is 12.1 Å². The van der Waals surface area contributed by atoms with Crippen LogP contribution in [0.25, 0.3) is 0 Å². The number of nitrogens with zero attached hydrogens (tertiary/aromatic N) is 1. The Balaban J connectivity index is 2.55. The molecule has 0 atom stereocenters. The first-order chi connectivity index (χ1) is 8.15. The predicted molar refractivity (Wildman–Crippen MR) is 71.0 cm³/mol. The van der Waals surface area contributed by atoms with E-state index in [9.17, 15) is 10.1 Å². The van der Waals surface area contributed by atoms with Gasteiger partial charge >= 0.3 is 5.69 Å². The lowest BCUT2D eigenvalue weighted by atomic mass is 10.3. The minimum Gasteiger partial charge on any atom is -0.484 e. The molecule has 0 aliphatic rings. The second kappa shape index (κ2) is 7.52. The molecule has 17 heavy (non-hydrogen) atoms. The summed E-state index contributed by atoms with van der Waals surface area (Å²) in [5.41, 5.74) is -0.0615. The molecule has 0 spiro atoms. The lowest BCUT2D eigenvalue weighted by Gasteiger charge is -2.07. The van der Waals surface area contributed by atoms with Gasteiger partial charge in [-0.2, -0.15) is 12.6 Å². The molecule has 0 N–H and O–H groups in total. The van der Waals surface area contributed by atoms with E-state index in [1.807, 2.05) is 0 Å². The number of nitro benzene ring substituents is 1. The smallest absolute Gasteiger partial charge is 0.312 e.